The summed E-state index contributed by atoms with van der Waals surface area (Å²) in [4.78, 5) is 13.7. The molecule has 1 aliphatic rings. The summed E-state index contributed by atoms with van der Waals surface area (Å²) in [7, 11) is 1.58. The third kappa shape index (κ3) is 3.48. The minimum atomic E-state index is -0.224. The molecule has 3 rings (SSSR count). The van der Waals surface area contributed by atoms with Crippen LogP contribution in [0.4, 0.5) is 5.82 Å². The topological polar surface area (TPSA) is 67.3 Å². The Hall–Kier alpha value is -2.63. The Balaban J connectivity index is 1.71. The van der Waals surface area contributed by atoms with E-state index in [1.54, 1.807) is 13.1 Å². The van der Waals surface area contributed by atoms with Crippen molar-refractivity contribution in [1.82, 2.24) is 15.5 Å². The lowest BCUT2D eigenvalue weighted by Crippen LogP contribution is -2.31. The molecule has 1 aromatic heterocycles. The van der Waals surface area contributed by atoms with E-state index in [2.05, 4.69) is 39.5 Å². The molecule has 2 heterocycles. The first kappa shape index (κ1) is 16.2. The van der Waals surface area contributed by atoms with Gasteiger partial charge in [0, 0.05) is 20.1 Å². The molecule has 126 valence electrons. The number of hydrogen-bond donors (Lipinski definition) is 1. The zero-order valence-electron chi connectivity index (χ0n) is 14.1. The number of nitrogens with zero attached hydrogens (tertiary/aromatic N) is 3. The number of ether oxygens (including phenoxy) is 1. The second kappa shape index (κ2) is 7.29. The molecule has 1 N–H and O–H groups in total. The maximum absolute atomic E-state index is 11.5. The molecule has 0 aliphatic carbocycles. The molecule has 0 bridgehead atoms. The molecule has 0 radical (unpaired) electrons. The van der Waals surface area contributed by atoms with Crippen LogP contribution < -0.4 is 15.0 Å². The van der Waals surface area contributed by atoms with Crippen LogP contribution in [0.25, 0.3) is 0 Å². The second-order valence-corrected chi connectivity index (χ2v) is 5.81. The standard InChI is InChI=1S/C18H22N4O2/c1-3-10-24-15-5-4-14-12-22(9-8-13(14)11-15)17-7-6-16(20-21-17)18(23)19-2/h4-7,11H,3,8-10,12H2,1-2H3,(H,19,23). The van der Waals surface area contributed by atoms with Crippen molar-refractivity contribution in [2.45, 2.75) is 26.3 Å². The van der Waals surface area contributed by atoms with E-state index in [1.165, 1.54) is 11.1 Å². The van der Waals surface area contributed by atoms with Gasteiger partial charge in [0.2, 0.25) is 0 Å². The molecule has 0 atom stereocenters. The number of aromatic nitrogens is 2. The normalized spacial score (nSPS) is 13.3. The van der Waals surface area contributed by atoms with Crippen LogP contribution in [0.2, 0.25) is 0 Å². The molecule has 1 amide bonds. The first-order chi connectivity index (χ1) is 11.7. The zero-order chi connectivity index (χ0) is 16.9. The average Bonchev–Trinajstić information content (AvgIpc) is 2.65. The highest BCUT2D eigenvalue weighted by Crippen LogP contribution is 2.26. The number of nitrogens with one attached hydrogen (secondary N) is 1. The summed E-state index contributed by atoms with van der Waals surface area (Å²) >= 11 is 0. The molecular weight excluding hydrogens is 304 g/mol. The number of hydrogen-bond acceptors (Lipinski definition) is 5. The fourth-order valence-corrected chi connectivity index (χ4v) is 2.78. The lowest BCUT2D eigenvalue weighted by molar-refractivity contribution is 0.0957. The number of carbonyl (C=O) groups is 1. The van der Waals surface area contributed by atoms with Crippen molar-refractivity contribution in [3.8, 4) is 5.75 Å². The largest absolute Gasteiger partial charge is 0.494 e. The predicted molar refractivity (Wildman–Crippen MR) is 92.4 cm³/mol. The first-order valence-electron chi connectivity index (χ1n) is 8.26. The second-order valence-electron chi connectivity index (χ2n) is 5.81. The van der Waals surface area contributed by atoms with Crippen molar-refractivity contribution in [3.05, 3.63) is 47.2 Å². The van der Waals surface area contributed by atoms with Gasteiger partial charge in [0.05, 0.1) is 6.61 Å². The van der Waals surface area contributed by atoms with Crippen LogP contribution in [0.1, 0.15) is 35.0 Å². The molecule has 0 spiro atoms. The molecule has 24 heavy (non-hydrogen) atoms. The van der Waals surface area contributed by atoms with Gasteiger partial charge in [-0.3, -0.25) is 4.79 Å². The van der Waals surface area contributed by atoms with Crippen molar-refractivity contribution in [3.63, 3.8) is 0 Å². The summed E-state index contributed by atoms with van der Waals surface area (Å²) in [5.41, 5.74) is 2.94. The van der Waals surface area contributed by atoms with E-state index < -0.39 is 0 Å². The smallest absolute Gasteiger partial charge is 0.271 e. The SMILES string of the molecule is CCCOc1ccc2c(c1)CCN(c1ccc(C(=O)NC)nn1)C2. The lowest BCUT2D eigenvalue weighted by Gasteiger charge is -2.29. The van der Waals surface area contributed by atoms with Gasteiger partial charge in [0.1, 0.15) is 5.75 Å². The molecule has 0 saturated carbocycles. The molecule has 2 aromatic rings. The number of benzene rings is 1. The van der Waals surface area contributed by atoms with Crippen molar-refractivity contribution >= 4 is 11.7 Å². The minimum Gasteiger partial charge on any atom is -0.494 e. The monoisotopic (exact) mass is 326 g/mol. The van der Waals surface area contributed by atoms with Gasteiger partial charge < -0.3 is 15.0 Å². The highest BCUT2D eigenvalue weighted by Gasteiger charge is 2.19. The molecule has 0 saturated heterocycles. The average molecular weight is 326 g/mol. The molecule has 6 heteroatoms. The number of fused-ring (bicyclic) bond motifs is 1. The van der Waals surface area contributed by atoms with Gasteiger partial charge in [-0.1, -0.05) is 13.0 Å². The van der Waals surface area contributed by atoms with E-state index in [0.717, 1.165) is 44.1 Å². The van der Waals surface area contributed by atoms with E-state index in [4.69, 9.17) is 4.74 Å². The van der Waals surface area contributed by atoms with Gasteiger partial charge in [-0.2, -0.15) is 0 Å². The summed E-state index contributed by atoms with van der Waals surface area (Å²) in [6.45, 7) is 4.51. The molecule has 0 unspecified atom stereocenters. The summed E-state index contributed by atoms with van der Waals surface area (Å²) in [5.74, 6) is 1.51. The first-order valence-corrected chi connectivity index (χ1v) is 8.26. The number of carbonyl (C=O) groups excluding carboxylic acids is 1. The van der Waals surface area contributed by atoms with Crippen LogP contribution in [0, 0.1) is 0 Å². The number of rotatable bonds is 5. The Morgan fingerprint density at radius 3 is 2.83 bits per heavy atom. The Morgan fingerprint density at radius 1 is 1.25 bits per heavy atom. The van der Waals surface area contributed by atoms with Crippen molar-refractivity contribution in [2.24, 2.45) is 0 Å². The fourth-order valence-electron chi connectivity index (χ4n) is 2.78. The summed E-state index contributed by atoms with van der Waals surface area (Å²) < 4.78 is 5.71. The van der Waals surface area contributed by atoms with Crippen LogP contribution in [-0.4, -0.2) is 36.3 Å². The molecule has 1 aromatic carbocycles. The number of anilines is 1. The van der Waals surface area contributed by atoms with Gasteiger partial charge in [-0.05, 0) is 48.2 Å². The zero-order valence-corrected chi connectivity index (χ0v) is 14.1. The third-order valence-corrected chi connectivity index (χ3v) is 4.10. The van der Waals surface area contributed by atoms with Crippen LogP contribution in [0.3, 0.4) is 0 Å². The maximum atomic E-state index is 11.5. The highest BCUT2D eigenvalue weighted by atomic mass is 16.5. The van der Waals surface area contributed by atoms with Gasteiger partial charge in [-0.15, -0.1) is 10.2 Å². The van der Waals surface area contributed by atoms with E-state index in [-0.39, 0.29) is 5.91 Å². The Labute approximate surface area is 141 Å². The van der Waals surface area contributed by atoms with Gasteiger partial charge in [0.15, 0.2) is 11.5 Å². The lowest BCUT2D eigenvalue weighted by atomic mass is 9.99. The highest BCUT2D eigenvalue weighted by molar-refractivity contribution is 5.91. The Morgan fingerprint density at radius 2 is 2.12 bits per heavy atom. The molecule has 6 nitrogen and oxygen atoms in total. The van der Waals surface area contributed by atoms with Crippen LogP contribution in [0.5, 0.6) is 5.75 Å². The van der Waals surface area contributed by atoms with Crippen LogP contribution in [-0.2, 0) is 13.0 Å². The van der Waals surface area contributed by atoms with Crippen molar-refractivity contribution in [2.75, 3.05) is 25.1 Å². The van der Waals surface area contributed by atoms with Crippen LogP contribution >= 0.6 is 0 Å². The van der Waals surface area contributed by atoms with E-state index in [1.807, 2.05) is 12.1 Å². The molecule has 1 aliphatic heterocycles. The third-order valence-electron chi connectivity index (χ3n) is 4.10. The van der Waals surface area contributed by atoms with E-state index in [0.29, 0.717) is 5.69 Å². The van der Waals surface area contributed by atoms with E-state index in [9.17, 15) is 4.79 Å². The molecular formula is C18H22N4O2. The quantitative estimate of drug-likeness (QED) is 0.912. The van der Waals surface area contributed by atoms with E-state index >= 15 is 0 Å². The van der Waals surface area contributed by atoms with Gasteiger partial charge in [0.25, 0.3) is 5.91 Å². The minimum absolute atomic E-state index is 0.224. The summed E-state index contributed by atoms with van der Waals surface area (Å²) in [6, 6.07) is 9.85. The molecule has 0 fully saturated rings. The van der Waals surface area contributed by atoms with Gasteiger partial charge >= 0.3 is 0 Å². The van der Waals surface area contributed by atoms with Gasteiger partial charge in [-0.25, -0.2) is 0 Å². The predicted octanol–water partition coefficient (Wildman–Crippen LogP) is 2.19. The Bertz CT molecular complexity index is 715. The van der Waals surface area contributed by atoms with Crippen molar-refractivity contribution in [1.29, 1.82) is 0 Å². The summed E-state index contributed by atoms with van der Waals surface area (Å²) in [5, 5.41) is 10.7. The fraction of sp³-hybridized carbons (Fsp3) is 0.389. The van der Waals surface area contributed by atoms with Crippen molar-refractivity contribution < 1.29 is 9.53 Å². The maximum Gasteiger partial charge on any atom is 0.271 e. The number of amides is 1. The van der Waals surface area contributed by atoms with Crippen LogP contribution in [0.15, 0.2) is 30.3 Å². The summed E-state index contributed by atoms with van der Waals surface area (Å²) in [6.07, 6.45) is 1.95. The Kier molecular flexibility index (Phi) is 4.93.